The predicted molar refractivity (Wildman–Crippen MR) is 96.3 cm³/mol. The van der Waals surface area contributed by atoms with Gasteiger partial charge in [0.05, 0.1) is 6.61 Å². The van der Waals surface area contributed by atoms with Crippen molar-refractivity contribution < 1.29 is 17.9 Å². The van der Waals surface area contributed by atoms with Gasteiger partial charge in [0, 0.05) is 17.8 Å². The molecule has 1 heterocycles. The molecule has 7 heteroatoms. The first-order valence-electron chi connectivity index (χ1n) is 8.18. The molecule has 0 saturated heterocycles. The van der Waals surface area contributed by atoms with Crippen LogP contribution in [0, 0.1) is 13.8 Å². The molecule has 0 spiro atoms. The summed E-state index contributed by atoms with van der Waals surface area (Å²) in [6, 6.07) is 9.69. The van der Waals surface area contributed by atoms with Gasteiger partial charge in [-0.25, -0.2) is 17.9 Å². The van der Waals surface area contributed by atoms with Crippen LogP contribution >= 0.6 is 0 Å². The average molecular weight is 364 g/mol. The number of H-pyrrole nitrogens is 1. The van der Waals surface area contributed by atoms with Crippen molar-refractivity contribution in [2.75, 3.05) is 13.2 Å². The Kier molecular flexibility index (Phi) is 6.02. The molecule has 0 aliphatic carbocycles. The normalized spacial score (nSPS) is 12.8. The van der Waals surface area contributed by atoms with Crippen LogP contribution in [0.15, 0.2) is 35.2 Å². The Hall–Kier alpha value is -2.12. The van der Waals surface area contributed by atoms with Crippen LogP contribution in [-0.2, 0) is 14.8 Å². The number of nitrogens with one attached hydrogen (secondary N) is 2. The van der Waals surface area contributed by atoms with Crippen LogP contribution < -0.4 is 4.72 Å². The van der Waals surface area contributed by atoms with Crippen molar-refractivity contribution in [1.29, 1.82) is 0 Å². The first-order valence-corrected chi connectivity index (χ1v) is 9.67. The number of sulfonamides is 1. The number of carbonyl (C=O) groups excluding carboxylic acids is 1. The number of carbonyl (C=O) groups is 1. The van der Waals surface area contributed by atoms with E-state index < -0.39 is 16.0 Å². The zero-order valence-corrected chi connectivity index (χ0v) is 15.7. The minimum atomic E-state index is -3.74. The van der Waals surface area contributed by atoms with E-state index in [4.69, 9.17) is 4.74 Å². The monoisotopic (exact) mass is 364 g/mol. The zero-order valence-electron chi connectivity index (χ0n) is 14.9. The molecule has 2 aromatic rings. The summed E-state index contributed by atoms with van der Waals surface area (Å²) in [6.07, 6.45) is 0. The van der Waals surface area contributed by atoms with Crippen molar-refractivity contribution in [3.05, 3.63) is 52.8 Å². The molecular formula is C18H24N2O4S. The summed E-state index contributed by atoms with van der Waals surface area (Å²) in [6.45, 7) is 7.39. The van der Waals surface area contributed by atoms with E-state index in [-0.39, 0.29) is 29.7 Å². The topological polar surface area (TPSA) is 88.3 Å². The number of hydrogen-bond donors (Lipinski definition) is 2. The van der Waals surface area contributed by atoms with Gasteiger partial charge in [-0.2, -0.15) is 0 Å². The third kappa shape index (κ3) is 4.29. The van der Waals surface area contributed by atoms with Crippen LogP contribution in [0.25, 0.3) is 0 Å². The van der Waals surface area contributed by atoms with Gasteiger partial charge >= 0.3 is 5.97 Å². The van der Waals surface area contributed by atoms with Gasteiger partial charge in [0.1, 0.15) is 10.6 Å². The number of rotatable bonds is 7. The maximum Gasteiger partial charge on any atom is 0.355 e. The molecule has 0 bridgehead atoms. The summed E-state index contributed by atoms with van der Waals surface area (Å²) in [5.74, 6) is -0.526. The molecule has 0 fully saturated rings. The Balaban J connectivity index is 2.21. The lowest BCUT2D eigenvalue weighted by Gasteiger charge is -2.14. The van der Waals surface area contributed by atoms with Crippen molar-refractivity contribution in [2.24, 2.45) is 0 Å². The highest BCUT2D eigenvalue weighted by atomic mass is 32.2. The Morgan fingerprint density at radius 2 is 1.88 bits per heavy atom. The number of ether oxygens (including phenoxy) is 1. The van der Waals surface area contributed by atoms with E-state index in [0.29, 0.717) is 11.3 Å². The predicted octanol–water partition coefficient (Wildman–Crippen LogP) is 2.89. The third-order valence-corrected chi connectivity index (χ3v) is 5.76. The first-order chi connectivity index (χ1) is 11.8. The van der Waals surface area contributed by atoms with Gasteiger partial charge in [-0.1, -0.05) is 37.3 Å². The second-order valence-corrected chi connectivity index (χ2v) is 7.67. The molecule has 1 atom stereocenters. The average Bonchev–Trinajstić information content (AvgIpc) is 2.89. The molecule has 2 rings (SSSR count). The van der Waals surface area contributed by atoms with Crippen molar-refractivity contribution in [3.63, 3.8) is 0 Å². The number of esters is 1. The molecule has 6 nitrogen and oxygen atoms in total. The highest BCUT2D eigenvalue weighted by Crippen LogP contribution is 2.24. The molecule has 0 radical (unpaired) electrons. The summed E-state index contributed by atoms with van der Waals surface area (Å²) >= 11 is 0. The minimum absolute atomic E-state index is 0.0278. The highest BCUT2D eigenvalue weighted by molar-refractivity contribution is 7.89. The Labute approximate surface area is 148 Å². The van der Waals surface area contributed by atoms with E-state index in [0.717, 1.165) is 5.56 Å². The Bertz CT molecular complexity index is 841. The number of benzene rings is 1. The Morgan fingerprint density at radius 1 is 1.24 bits per heavy atom. The van der Waals surface area contributed by atoms with Crippen LogP contribution in [0.1, 0.15) is 47.1 Å². The number of hydrogen-bond acceptors (Lipinski definition) is 4. The number of aromatic nitrogens is 1. The smallest absolute Gasteiger partial charge is 0.355 e. The van der Waals surface area contributed by atoms with Crippen molar-refractivity contribution in [1.82, 2.24) is 9.71 Å². The van der Waals surface area contributed by atoms with Crippen LogP contribution in [0.2, 0.25) is 0 Å². The van der Waals surface area contributed by atoms with E-state index in [2.05, 4.69) is 9.71 Å². The summed E-state index contributed by atoms with van der Waals surface area (Å²) in [5.41, 5.74) is 2.02. The molecule has 25 heavy (non-hydrogen) atoms. The lowest BCUT2D eigenvalue weighted by molar-refractivity contribution is 0.0519. The molecule has 1 aromatic carbocycles. The molecule has 136 valence electrons. The van der Waals surface area contributed by atoms with Gasteiger partial charge < -0.3 is 9.72 Å². The fourth-order valence-corrected chi connectivity index (χ4v) is 4.32. The van der Waals surface area contributed by atoms with Crippen molar-refractivity contribution in [3.8, 4) is 0 Å². The third-order valence-electron chi connectivity index (χ3n) is 4.07. The maximum absolute atomic E-state index is 12.7. The molecule has 2 N–H and O–H groups in total. The first kappa shape index (κ1) is 19.2. The second kappa shape index (κ2) is 7.84. The zero-order chi connectivity index (χ0) is 18.6. The SMILES string of the molecule is CCOC(=O)c1[nH]c(C)c(S(=O)(=O)NC[C@@H](C)c2ccccc2)c1C. The van der Waals surface area contributed by atoms with E-state index in [1.165, 1.54) is 0 Å². The summed E-state index contributed by atoms with van der Waals surface area (Å²) in [7, 11) is -3.74. The fourth-order valence-electron chi connectivity index (χ4n) is 2.75. The van der Waals surface area contributed by atoms with Crippen molar-refractivity contribution in [2.45, 2.75) is 38.5 Å². The molecule has 0 aliphatic heterocycles. The van der Waals surface area contributed by atoms with E-state index in [1.807, 2.05) is 37.3 Å². The van der Waals surface area contributed by atoms with Gasteiger partial charge in [0.25, 0.3) is 0 Å². The molecule has 0 unspecified atom stereocenters. The fraction of sp³-hybridized carbons (Fsp3) is 0.389. The van der Waals surface area contributed by atoms with Gasteiger partial charge in [0.15, 0.2) is 0 Å². The van der Waals surface area contributed by atoms with Gasteiger partial charge in [-0.05, 0) is 32.3 Å². The lowest BCUT2D eigenvalue weighted by atomic mass is 10.0. The van der Waals surface area contributed by atoms with Gasteiger partial charge in [-0.3, -0.25) is 0 Å². The van der Waals surface area contributed by atoms with Crippen LogP contribution in [-0.4, -0.2) is 32.5 Å². The van der Waals surface area contributed by atoms with Gasteiger partial charge in [-0.15, -0.1) is 0 Å². The van der Waals surface area contributed by atoms with Gasteiger partial charge in [0.2, 0.25) is 10.0 Å². The number of aryl methyl sites for hydroxylation is 1. The van der Waals surface area contributed by atoms with E-state index >= 15 is 0 Å². The van der Waals surface area contributed by atoms with Crippen LogP contribution in [0.4, 0.5) is 0 Å². The molecule has 0 saturated carbocycles. The molecule has 1 aromatic heterocycles. The summed E-state index contributed by atoms with van der Waals surface area (Å²) in [5, 5.41) is 0. The summed E-state index contributed by atoms with van der Waals surface area (Å²) < 4.78 is 33.0. The highest BCUT2D eigenvalue weighted by Gasteiger charge is 2.27. The lowest BCUT2D eigenvalue weighted by Crippen LogP contribution is -2.28. The van der Waals surface area contributed by atoms with Crippen LogP contribution in [0.5, 0.6) is 0 Å². The second-order valence-electron chi connectivity index (χ2n) is 5.96. The van der Waals surface area contributed by atoms with Crippen LogP contribution in [0.3, 0.4) is 0 Å². The number of aromatic amines is 1. The summed E-state index contributed by atoms with van der Waals surface area (Å²) in [4.78, 5) is 14.9. The van der Waals surface area contributed by atoms with E-state index in [9.17, 15) is 13.2 Å². The molecule has 0 aliphatic rings. The largest absolute Gasteiger partial charge is 0.461 e. The Morgan fingerprint density at radius 3 is 2.48 bits per heavy atom. The maximum atomic E-state index is 12.7. The van der Waals surface area contributed by atoms with Crippen molar-refractivity contribution >= 4 is 16.0 Å². The minimum Gasteiger partial charge on any atom is -0.461 e. The quantitative estimate of drug-likeness (QED) is 0.740. The molecular weight excluding hydrogens is 340 g/mol. The molecule has 0 amide bonds. The standard InChI is InChI=1S/C18H24N2O4S/c1-5-24-18(21)16-13(3)17(14(4)20-16)25(22,23)19-11-12(2)15-9-7-6-8-10-15/h6-10,12,19-20H,5,11H2,1-4H3/t12-/m1/s1. The van der Waals surface area contributed by atoms with E-state index in [1.54, 1.807) is 20.8 Å².